The van der Waals surface area contributed by atoms with E-state index in [1.807, 2.05) is 25.1 Å². The molecule has 1 atom stereocenters. The minimum Gasteiger partial charge on any atom is -0.487 e. The van der Waals surface area contributed by atoms with Crippen LogP contribution in [0.2, 0.25) is 0 Å². The van der Waals surface area contributed by atoms with Crippen LogP contribution < -0.4 is 10.5 Å². The van der Waals surface area contributed by atoms with Crippen LogP contribution in [0.25, 0.3) is 0 Å². The van der Waals surface area contributed by atoms with Crippen molar-refractivity contribution in [3.63, 3.8) is 0 Å². The SMILES string of the molecule is Cc1ccc(O[C@@H]2CCN(C)C2)c(N)c1. The smallest absolute Gasteiger partial charge is 0.142 e. The molecule has 0 saturated carbocycles. The Hall–Kier alpha value is -1.22. The molecule has 0 aromatic heterocycles. The molecule has 1 saturated heterocycles. The van der Waals surface area contributed by atoms with Crippen molar-refractivity contribution in [1.82, 2.24) is 4.90 Å². The van der Waals surface area contributed by atoms with E-state index >= 15 is 0 Å². The average molecular weight is 206 g/mol. The van der Waals surface area contributed by atoms with Gasteiger partial charge in [0.15, 0.2) is 0 Å². The van der Waals surface area contributed by atoms with Gasteiger partial charge in [0.2, 0.25) is 0 Å². The normalized spacial score (nSPS) is 21.9. The molecule has 1 fully saturated rings. The number of benzene rings is 1. The highest BCUT2D eigenvalue weighted by atomic mass is 16.5. The fourth-order valence-electron chi connectivity index (χ4n) is 1.95. The van der Waals surface area contributed by atoms with Gasteiger partial charge in [-0.25, -0.2) is 0 Å². The van der Waals surface area contributed by atoms with E-state index in [1.165, 1.54) is 5.56 Å². The molecule has 1 aliphatic heterocycles. The molecule has 2 N–H and O–H groups in total. The van der Waals surface area contributed by atoms with Crippen LogP contribution in [0.15, 0.2) is 18.2 Å². The molecule has 2 rings (SSSR count). The third kappa shape index (κ3) is 2.42. The van der Waals surface area contributed by atoms with E-state index in [9.17, 15) is 0 Å². The van der Waals surface area contributed by atoms with Crippen LogP contribution in [0, 0.1) is 6.92 Å². The number of nitrogens with zero attached hydrogens (tertiary/aromatic N) is 1. The highest BCUT2D eigenvalue weighted by Gasteiger charge is 2.21. The molecule has 0 aliphatic carbocycles. The zero-order valence-electron chi connectivity index (χ0n) is 9.36. The maximum absolute atomic E-state index is 5.90. The standard InChI is InChI=1S/C12H18N2O/c1-9-3-4-12(11(13)7-9)15-10-5-6-14(2)8-10/h3-4,7,10H,5-6,8,13H2,1-2H3/t10-/m1/s1. The number of nitrogen functional groups attached to an aromatic ring is 1. The van der Waals surface area contributed by atoms with Gasteiger partial charge in [0.1, 0.15) is 11.9 Å². The molecule has 82 valence electrons. The Bertz CT molecular complexity index is 351. The summed E-state index contributed by atoms with van der Waals surface area (Å²) >= 11 is 0. The van der Waals surface area contributed by atoms with Crippen molar-refractivity contribution < 1.29 is 4.74 Å². The summed E-state index contributed by atoms with van der Waals surface area (Å²) in [5.74, 6) is 0.820. The molecule has 0 amide bonds. The fraction of sp³-hybridized carbons (Fsp3) is 0.500. The minimum atomic E-state index is 0.292. The molecule has 0 radical (unpaired) electrons. The maximum Gasteiger partial charge on any atom is 0.142 e. The van der Waals surface area contributed by atoms with Crippen LogP contribution in [0.3, 0.4) is 0 Å². The predicted molar refractivity (Wildman–Crippen MR) is 62.1 cm³/mol. The second-order valence-corrected chi connectivity index (χ2v) is 4.33. The maximum atomic E-state index is 5.90. The van der Waals surface area contributed by atoms with Crippen molar-refractivity contribution in [2.24, 2.45) is 0 Å². The van der Waals surface area contributed by atoms with Crippen molar-refractivity contribution in [3.8, 4) is 5.75 Å². The van der Waals surface area contributed by atoms with Gasteiger partial charge in [-0.1, -0.05) is 6.07 Å². The van der Waals surface area contributed by atoms with E-state index in [0.29, 0.717) is 6.10 Å². The van der Waals surface area contributed by atoms with E-state index in [0.717, 1.165) is 30.9 Å². The Morgan fingerprint density at radius 1 is 1.47 bits per heavy atom. The van der Waals surface area contributed by atoms with Gasteiger partial charge in [0.25, 0.3) is 0 Å². The molecule has 0 spiro atoms. The van der Waals surface area contributed by atoms with E-state index in [1.54, 1.807) is 0 Å². The van der Waals surface area contributed by atoms with Gasteiger partial charge in [-0.2, -0.15) is 0 Å². The summed E-state index contributed by atoms with van der Waals surface area (Å²) in [4.78, 5) is 2.27. The molecular weight excluding hydrogens is 188 g/mol. The lowest BCUT2D eigenvalue weighted by atomic mass is 10.2. The van der Waals surface area contributed by atoms with Crippen molar-refractivity contribution >= 4 is 5.69 Å². The van der Waals surface area contributed by atoms with Gasteiger partial charge in [-0.3, -0.25) is 0 Å². The number of likely N-dealkylation sites (N-methyl/N-ethyl adjacent to an activating group) is 1. The lowest BCUT2D eigenvalue weighted by molar-refractivity contribution is 0.209. The number of rotatable bonds is 2. The first kappa shape index (κ1) is 10.3. The number of anilines is 1. The first-order valence-electron chi connectivity index (χ1n) is 5.36. The van der Waals surface area contributed by atoms with Gasteiger partial charge in [0.05, 0.1) is 5.69 Å². The summed E-state index contributed by atoms with van der Waals surface area (Å²) in [7, 11) is 2.11. The Morgan fingerprint density at radius 2 is 2.27 bits per heavy atom. The van der Waals surface area contributed by atoms with Crippen LogP contribution in [-0.2, 0) is 0 Å². The third-order valence-electron chi connectivity index (χ3n) is 2.81. The summed E-state index contributed by atoms with van der Waals surface area (Å²) in [6, 6.07) is 5.95. The third-order valence-corrected chi connectivity index (χ3v) is 2.81. The predicted octanol–water partition coefficient (Wildman–Crippen LogP) is 1.66. The quantitative estimate of drug-likeness (QED) is 0.748. The lowest BCUT2D eigenvalue weighted by Crippen LogP contribution is -2.21. The van der Waals surface area contributed by atoms with Crippen molar-refractivity contribution in [2.75, 3.05) is 25.9 Å². The molecular formula is C12H18N2O. The first-order chi connectivity index (χ1) is 7.15. The number of nitrogens with two attached hydrogens (primary N) is 1. The molecule has 3 nitrogen and oxygen atoms in total. The molecule has 1 aromatic rings. The van der Waals surface area contributed by atoms with Crippen molar-refractivity contribution in [2.45, 2.75) is 19.4 Å². The Labute approximate surface area is 90.8 Å². The van der Waals surface area contributed by atoms with E-state index in [-0.39, 0.29) is 0 Å². The highest BCUT2D eigenvalue weighted by Crippen LogP contribution is 2.25. The van der Waals surface area contributed by atoms with Gasteiger partial charge in [0, 0.05) is 13.1 Å². The molecule has 15 heavy (non-hydrogen) atoms. The fourth-order valence-corrected chi connectivity index (χ4v) is 1.95. The molecule has 1 aliphatic rings. The van der Waals surface area contributed by atoms with E-state index in [4.69, 9.17) is 10.5 Å². The zero-order valence-corrected chi connectivity index (χ0v) is 9.36. The van der Waals surface area contributed by atoms with Crippen molar-refractivity contribution in [1.29, 1.82) is 0 Å². The van der Waals surface area contributed by atoms with Crippen LogP contribution in [0.4, 0.5) is 5.69 Å². The number of hydrogen-bond acceptors (Lipinski definition) is 3. The average Bonchev–Trinajstić information content (AvgIpc) is 2.56. The Kier molecular flexibility index (Phi) is 2.82. The molecule has 3 heteroatoms. The van der Waals surface area contributed by atoms with Crippen LogP contribution in [-0.4, -0.2) is 31.1 Å². The van der Waals surface area contributed by atoms with Crippen molar-refractivity contribution in [3.05, 3.63) is 23.8 Å². The molecule has 0 bridgehead atoms. The number of ether oxygens (including phenoxy) is 1. The Balaban J connectivity index is 2.04. The largest absolute Gasteiger partial charge is 0.487 e. The second kappa shape index (κ2) is 4.11. The highest BCUT2D eigenvalue weighted by molar-refractivity contribution is 5.54. The monoisotopic (exact) mass is 206 g/mol. The second-order valence-electron chi connectivity index (χ2n) is 4.33. The number of hydrogen-bond donors (Lipinski definition) is 1. The van der Waals surface area contributed by atoms with E-state index < -0.39 is 0 Å². The minimum absolute atomic E-state index is 0.292. The van der Waals surface area contributed by atoms with Gasteiger partial charge >= 0.3 is 0 Å². The van der Waals surface area contributed by atoms with Crippen LogP contribution in [0.1, 0.15) is 12.0 Å². The molecule has 1 aromatic carbocycles. The van der Waals surface area contributed by atoms with Crippen LogP contribution in [0.5, 0.6) is 5.75 Å². The molecule has 1 heterocycles. The topological polar surface area (TPSA) is 38.5 Å². The van der Waals surface area contributed by atoms with Gasteiger partial charge < -0.3 is 15.4 Å². The number of likely N-dealkylation sites (tertiary alicyclic amines) is 1. The van der Waals surface area contributed by atoms with Crippen LogP contribution >= 0.6 is 0 Å². The molecule has 0 unspecified atom stereocenters. The summed E-state index contributed by atoms with van der Waals surface area (Å²) < 4.78 is 5.86. The number of aryl methyl sites for hydroxylation is 1. The summed E-state index contributed by atoms with van der Waals surface area (Å²) in [6.07, 6.45) is 1.38. The first-order valence-corrected chi connectivity index (χ1v) is 5.36. The Morgan fingerprint density at radius 3 is 2.87 bits per heavy atom. The summed E-state index contributed by atoms with van der Waals surface area (Å²) in [6.45, 7) is 4.13. The van der Waals surface area contributed by atoms with Gasteiger partial charge in [-0.15, -0.1) is 0 Å². The summed E-state index contributed by atoms with van der Waals surface area (Å²) in [5, 5.41) is 0. The van der Waals surface area contributed by atoms with E-state index in [2.05, 4.69) is 11.9 Å². The lowest BCUT2D eigenvalue weighted by Gasteiger charge is -2.15. The van der Waals surface area contributed by atoms with Gasteiger partial charge in [-0.05, 0) is 38.1 Å². The summed E-state index contributed by atoms with van der Waals surface area (Å²) in [5.41, 5.74) is 7.81. The zero-order chi connectivity index (χ0) is 10.8.